The lowest BCUT2D eigenvalue weighted by Gasteiger charge is -2.08. The molecule has 0 aliphatic heterocycles. The first-order chi connectivity index (χ1) is 6.97. The Kier molecular flexibility index (Phi) is 4.31. The van der Waals surface area contributed by atoms with Gasteiger partial charge in [-0.25, -0.2) is 13.1 Å². The molecule has 5 heteroatoms. The summed E-state index contributed by atoms with van der Waals surface area (Å²) >= 11 is 3.30. The average molecular weight is 292 g/mol. The molecule has 0 saturated carbocycles. The summed E-state index contributed by atoms with van der Waals surface area (Å²) in [5, 5.41) is 0. The number of aryl methyl sites for hydroxylation is 1. The van der Waals surface area contributed by atoms with E-state index in [9.17, 15) is 8.42 Å². The number of rotatable bonds is 4. The number of benzene rings is 1. The van der Waals surface area contributed by atoms with Crippen molar-refractivity contribution in [3.8, 4) is 0 Å². The fraction of sp³-hybridized carbons (Fsp3) is 0.400. The summed E-state index contributed by atoms with van der Waals surface area (Å²) in [7, 11) is -3.34. The van der Waals surface area contributed by atoms with Gasteiger partial charge < -0.3 is 0 Å². The normalized spacial score (nSPS) is 11.7. The van der Waals surface area contributed by atoms with E-state index in [1.54, 1.807) is 25.1 Å². The largest absolute Gasteiger partial charge is 0.240 e. The van der Waals surface area contributed by atoms with Crippen molar-refractivity contribution in [2.45, 2.75) is 25.2 Å². The monoisotopic (exact) mass is 291 g/mol. The van der Waals surface area contributed by atoms with Gasteiger partial charge in [-0.05, 0) is 37.1 Å². The van der Waals surface area contributed by atoms with Gasteiger partial charge in [0.05, 0.1) is 4.90 Å². The van der Waals surface area contributed by atoms with Crippen LogP contribution in [0, 0.1) is 6.92 Å². The highest BCUT2D eigenvalue weighted by atomic mass is 79.9. The van der Waals surface area contributed by atoms with Crippen molar-refractivity contribution in [1.29, 1.82) is 0 Å². The third-order valence-electron chi connectivity index (χ3n) is 1.97. The Morgan fingerprint density at radius 1 is 1.40 bits per heavy atom. The van der Waals surface area contributed by atoms with Crippen LogP contribution in [-0.4, -0.2) is 15.0 Å². The Morgan fingerprint density at radius 3 is 2.60 bits per heavy atom. The van der Waals surface area contributed by atoms with Crippen molar-refractivity contribution >= 4 is 26.0 Å². The molecule has 3 nitrogen and oxygen atoms in total. The zero-order chi connectivity index (χ0) is 11.5. The highest BCUT2D eigenvalue weighted by Gasteiger charge is 2.15. The SMILES string of the molecule is CCCNS(=O)(=O)c1ccc(Br)cc1C. The van der Waals surface area contributed by atoms with Gasteiger partial charge in [-0.1, -0.05) is 22.9 Å². The minimum atomic E-state index is -3.34. The molecule has 0 atom stereocenters. The molecule has 1 aromatic rings. The molecule has 0 spiro atoms. The van der Waals surface area contributed by atoms with Gasteiger partial charge in [0.25, 0.3) is 0 Å². The molecule has 0 amide bonds. The molecular formula is C10H14BrNO2S. The molecule has 0 heterocycles. The molecule has 0 aromatic heterocycles. The summed E-state index contributed by atoms with van der Waals surface area (Å²) in [6.45, 7) is 4.18. The van der Waals surface area contributed by atoms with E-state index >= 15 is 0 Å². The first kappa shape index (κ1) is 12.7. The zero-order valence-corrected chi connectivity index (χ0v) is 11.2. The number of halogens is 1. The van der Waals surface area contributed by atoms with E-state index in [0.717, 1.165) is 16.5 Å². The van der Waals surface area contributed by atoms with E-state index in [1.807, 2.05) is 6.92 Å². The van der Waals surface area contributed by atoms with Crippen molar-refractivity contribution in [2.24, 2.45) is 0 Å². The number of hydrogen-bond acceptors (Lipinski definition) is 2. The Bertz CT molecular complexity index is 443. The van der Waals surface area contributed by atoms with E-state index in [-0.39, 0.29) is 0 Å². The minimum absolute atomic E-state index is 0.346. The maximum absolute atomic E-state index is 11.8. The lowest BCUT2D eigenvalue weighted by Crippen LogP contribution is -2.25. The zero-order valence-electron chi connectivity index (χ0n) is 8.75. The standard InChI is InChI=1S/C10H14BrNO2S/c1-3-6-12-15(13,14)10-5-4-9(11)7-8(10)2/h4-5,7,12H,3,6H2,1-2H3. The molecule has 0 aliphatic carbocycles. The maximum atomic E-state index is 11.8. The topological polar surface area (TPSA) is 46.2 Å². The highest BCUT2D eigenvalue weighted by molar-refractivity contribution is 9.10. The van der Waals surface area contributed by atoms with Crippen LogP contribution in [0.1, 0.15) is 18.9 Å². The molecule has 1 rings (SSSR count). The van der Waals surface area contributed by atoms with Gasteiger partial charge in [0, 0.05) is 11.0 Å². The first-order valence-corrected chi connectivity index (χ1v) is 7.01. The van der Waals surface area contributed by atoms with Crippen LogP contribution < -0.4 is 4.72 Å². The molecule has 0 bridgehead atoms. The van der Waals surface area contributed by atoms with E-state index in [4.69, 9.17) is 0 Å². The van der Waals surface area contributed by atoms with Crippen LogP contribution in [0.4, 0.5) is 0 Å². The Morgan fingerprint density at radius 2 is 2.07 bits per heavy atom. The summed E-state index contributed by atoms with van der Waals surface area (Å²) in [4.78, 5) is 0.346. The lowest BCUT2D eigenvalue weighted by molar-refractivity contribution is 0.580. The number of nitrogens with one attached hydrogen (secondary N) is 1. The van der Waals surface area contributed by atoms with Crippen LogP contribution in [0.5, 0.6) is 0 Å². The van der Waals surface area contributed by atoms with E-state index in [1.165, 1.54) is 0 Å². The number of hydrogen-bond donors (Lipinski definition) is 1. The van der Waals surface area contributed by atoms with Crippen molar-refractivity contribution < 1.29 is 8.42 Å². The van der Waals surface area contributed by atoms with Crippen LogP contribution in [0.15, 0.2) is 27.6 Å². The van der Waals surface area contributed by atoms with Crippen LogP contribution in [0.25, 0.3) is 0 Å². The predicted octanol–water partition coefficient (Wildman–Crippen LogP) is 2.45. The van der Waals surface area contributed by atoms with Gasteiger partial charge in [0.15, 0.2) is 0 Å². The van der Waals surface area contributed by atoms with Crippen molar-refractivity contribution in [3.63, 3.8) is 0 Å². The summed E-state index contributed by atoms with van der Waals surface area (Å²) < 4.78 is 27.0. The van der Waals surface area contributed by atoms with Gasteiger partial charge in [0.2, 0.25) is 10.0 Å². The van der Waals surface area contributed by atoms with Gasteiger partial charge >= 0.3 is 0 Å². The molecule has 0 aliphatic rings. The molecule has 0 fully saturated rings. The van der Waals surface area contributed by atoms with Crippen molar-refractivity contribution in [3.05, 3.63) is 28.2 Å². The van der Waals surface area contributed by atoms with Crippen LogP contribution in [0.3, 0.4) is 0 Å². The first-order valence-electron chi connectivity index (χ1n) is 4.73. The third-order valence-corrected chi connectivity index (χ3v) is 4.08. The third kappa shape index (κ3) is 3.29. The van der Waals surface area contributed by atoms with Gasteiger partial charge in [-0.15, -0.1) is 0 Å². The molecule has 0 unspecified atom stereocenters. The van der Waals surface area contributed by atoms with Gasteiger partial charge in [-0.2, -0.15) is 0 Å². The Labute approximate surface area is 99.1 Å². The maximum Gasteiger partial charge on any atom is 0.240 e. The molecule has 0 saturated heterocycles. The quantitative estimate of drug-likeness (QED) is 0.926. The average Bonchev–Trinajstić information content (AvgIpc) is 2.14. The number of sulfonamides is 1. The molecular weight excluding hydrogens is 278 g/mol. The second-order valence-corrected chi connectivity index (χ2v) is 5.96. The molecule has 84 valence electrons. The highest BCUT2D eigenvalue weighted by Crippen LogP contribution is 2.19. The minimum Gasteiger partial charge on any atom is -0.211 e. The smallest absolute Gasteiger partial charge is 0.211 e. The second kappa shape index (κ2) is 5.09. The lowest BCUT2D eigenvalue weighted by atomic mass is 10.2. The van der Waals surface area contributed by atoms with Crippen LogP contribution >= 0.6 is 15.9 Å². The molecule has 15 heavy (non-hydrogen) atoms. The fourth-order valence-corrected chi connectivity index (χ4v) is 3.06. The fourth-order valence-electron chi connectivity index (χ4n) is 1.23. The van der Waals surface area contributed by atoms with Crippen molar-refractivity contribution in [2.75, 3.05) is 6.54 Å². The van der Waals surface area contributed by atoms with E-state index < -0.39 is 10.0 Å². The molecule has 0 radical (unpaired) electrons. The second-order valence-electron chi connectivity index (χ2n) is 3.31. The summed E-state index contributed by atoms with van der Waals surface area (Å²) in [5.74, 6) is 0. The van der Waals surface area contributed by atoms with E-state index in [2.05, 4.69) is 20.7 Å². The molecule has 1 aromatic carbocycles. The van der Waals surface area contributed by atoms with Gasteiger partial charge in [-0.3, -0.25) is 0 Å². The van der Waals surface area contributed by atoms with Crippen LogP contribution in [0.2, 0.25) is 0 Å². The van der Waals surface area contributed by atoms with Crippen LogP contribution in [-0.2, 0) is 10.0 Å². The Hall–Kier alpha value is -0.390. The van der Waals surface area contributed by atoms with Gasteiger partial charge in [0.1, 0.15) is 0 Å². The van der Waals surface area contributed by atoms with E-state index in [0.29, 0.717) is 11.4 Å². The predicted molar refractivity (Wildman–Crippen MR) is 64.4 cm³/mol. The summed E-state index contributed by atoms with van der Waals surface area (Å²) in [5.41, 5.74) is 0.743. The Balaban J connectivity index is 3.05. The summed E-state index contributed by atoms with van der Waals surface area (Å²) in [6, 6.07) is 5.13. The summed E-state index contributed by atoms with van der Waals surface area (Å²) in [6.07, 6.45) is 0.787. The molecule has 1 N–H and O–H groups in total. The van der Waals surface area contributed by atoms with Crippen molar-refractivity contribution in [1.82, 2.24) is 4.72 Å².